The van der Waals surface area contributed by atoms with Crippen LogP contribution in [0.2, 0.25) is 0 Å². The molecule has 210 valence electrons. The van der Waals surface area contributed by atoms with Crippen LogP contribution in [0, 0.1) is 17.8 Å². The number of benzene rings is 3. The molecule has 0 aromatic heterocycles. The number of esters is 2. The lowest BCUT2D eigenvalue weighted by Gasteiger charge is -2.57. The third kappa shape index (κ3) is 4.70. The molecule has 7 nitrogen and oxygen atoms in total. The molecule has 7 rings (SSSR count). The fourth-order valence-electron chi connectivity index (χ4n) is 8.07. The number of hydrogen-bond acceptors (Lipinski definition) is 7. The van der Waals surface area contributed by atoms with Crippen LogP contribution in [0.15, 0.2) is 42.5 Å². The van der Waals surface area contributed by atoms with Gasteiger partial charge in [-0.05, 0) is 116 Å². The Balaban J connectivity index is 1.50. The number of carbonyl (C=O) groups is 2. The van der Waals surface area contributed by atoms with Gasteiger partial charge in [-0.3, -0.25) is 4.79 Å². The quantitative estimate of drug-likeness (QED) is 0.195. The van der Waals surface area contributed by atoms with Crippen LogP contribution in [0.1, 0.15) is 68.3 Å². The van der Waals surface area contributed by atoms with E-state index in [1.165, 1.54) is 51.0 Å². The van der Waals surface area contributed by atoms with Gasteiger partial charge in [-0.1, -0.05) is 6.07 Å². The van der Waals surface area contributed by atoms with E-state index in [4.69, 9.17) is 19.0 Å². The van der Waals surface area contributed by atoms with Crippen molar-refractivity contribution in [2.24, 2.45) is 17.8 Å². The molecule has 0 heterocycles. The van der Waals surface area contributed by atoms with E-state index in [0.717, 1.165) is 34.6 Å². The van der Waals surface area contributed by atoms with Crippen molar-refractivity contribution in [3.63, 3.8) is 0 Å². The van der Waals surface area contributed by atoms with Crippen molar-refractivity contribution in [1.82, 2.24) is 5.48 Å². The van der Waals surface area contributed by atoms with E-state index in [-0.39, 0.29) is 12.0 Å². The average molecular weight is 544 g/mol. The number of hydrogen-bond donors (Lipinski definition) is 1. The molecule has 0 amide bonds. The van der Waals surface area contributed by atoms with Crippen LogP contribution in [0.4, 0.5) is 0 Å². The lowest BCUT2D eigenvalue weighted by molar-refractivity contribution is -0.131. The molecule has 0 saturated heterocycles. The second-order valence-electron chi connectivity index (χ2n) is 11.8. The summed E-state index contributed by atoms with van der Waals surface area (Å²) in [6.07, 6.45) is 7.77. The molecule has 0 aliphatic heterocycles. The average Bonchev–Trinajstić information content (AvgIpc) is 2.92. The molecular formula is C33H37NO6. The zero-order chi connectivity index (χ0) is 28.0. The van der Waals surface area contributed by atoms with Crippen LogP contribution in [-0.2, 0) is 14.9 Å². The molecule has 4 fully saturated rings. The molecular weight excluding hydrogens is 506 g/mol. The number of nitrogens with one attached hydrogen (secondary N) is 1. The Morgan fingerprint density at radius 3 is 2.15 bits per heavy atom. The van der Waals surface area contributed by atoms with Crippen molar-refractivity contribution >= 4 is 22.7 Å². The zero-order valence-electron chi connectivity index (χ0n) is 23.7. The zero-order valence-corrected chi connectivity index (χ0v) is 23.7. The second kappa shape index (κ2) is 10.4. The lowest BCUT2D eigenvalue weighted by Crippen LogP contribution is -2.48. The monoisotopic (exact) mass is 543 g/mol. The van der Waals surface area contributed by atoms with Gasteiger partial charge in [0.25, 0.3) is 0 Å². The standard InChI is InChI=1S/C33H37NO6/c1-5-38-32(36)25-12-26-27(31(15-25)39-19(2)35)11-24(14-30(26)37-4)23-6-7-29(40-34-3)28(13-23)33-16-20-8-21(17-33)10-22(9-20)18-33/h6-7,11-15,20-22,34H,5,8-10,16-18H2,1-4H3. The molecule has 40 heavy (non-hydrogen) atoms. The summed E-state index contributed by atoms with van der Waals surface area (Å²) >= 11 is 0. The Bertz CT molecular complexity index is 1440. The van der Waals surface area contributed by atoms with E-state index in [0.29, 0.717) is 27.8 Å². The number of methoxy groups -OCH3 is 1. The summed E-state index contributed by atoms with van der Waals surface area (Å²) in [7, 11) is 3.40. The lowest BCUT2D eigenvalue weighted by atomic mass is 9.48. The van der Waals surface area contributed by atoms with E-state index < -0.39 is 11.9 Å². The summed E-state index contributed by atoms with van der Waals surface area (Å²) in [5.74, 6) is 3.23. The smallest absolute Gasteiger partial charge is 0.338 e. The third-order valence-electron chi connectivity index (χ3n) is 9.11. The number of ether oxygens (including phenoxy) is 3. The molecule has 0 radical (unpaired) electrons. The minimum Gasteiger partial charge on any atom is -0.496 e. The molecule has 4 bridgehead atoms. The highest BCUT2D eigenvalue weighted by molar-refractivity contribution is 6.03. The van der Waals surface area contributed by atoms with E-state index in [1.807, 2.05) is 12.1 Å². The van der Waals surface area contributed by atoms with Crippen LogP contribution < -0.4 is 19.8 Å². The molecule has 4 aliphatic carbocycles. The highest BCUT2D eigenvalue weighted by atomic mass is 16.6. The predicted molar refractivity (Wildman–Crippen MR) is 153 cm³/mol. The van der Waals surface area contributed by atoms with Crippen molar-refractivity contribution < 1.29 is 28.6 Å². The van der Waals surface area contributed by atoms with Gasteiger partial charge in [0, 0.05) is 30.3 Å². The first-order chi connectivity index (χ1) is 19.3. The summed E-state index contributed by atoms with van der Waals surface area (Å²) in [4.78, 5) is 30.6. The van der Waals surface area contributed by atoms with Gasteiger partial charge in [0.15, 0.2) is 5.75 Å². The molecule has 3 aromatic carbocycles. The normalized spacial score (nSPS) is 24.6. The van der Waals surface area contributed by atoms with Crippen molar-refractivity contribution in [2.75, 3.05) is 20.8 Å². The van der Waals surface area contributed by atoms with Crippen molar-refractivity contribution in [3.05, 3.63) is 53.6 Å². The van der Waals surface area contributed by atoms with Crippen molar-refractivity contribution in [1.29, 1.82) is 0 Å². The number of fused-ring (bicyclic) bond motifs is 1. The summed E-state index contributed by atoms with van der Waals surface area (Å²) in [5, 5.41) is 1.36. The van der Waals surface area contributed by atoms with Gasteiger partial charge in [-0.15, -0.1) is 0 Å². The minimum atomic E-state index is -0.482. The number of carbonyl (C=O) groups excluding carboxylic acids is 2. The summed E-state index contributed by atoms with van der Waals surface area (Å²) in [6, 6.07) is 13.7. The first kappa shape index (κ1) is 26.6. The Hall–Kier alpha value is -3.58. The maximum atomic E-state index is 12.6. The topological polar surface area (TPSA) is 83.1 Å². The van der Waals surface area contributed by atoms with Gasteiger partial charge in [-0.25, -0.2) is 4.79 Å². The van der Waals surface area contributed by atoms with Crippen molar-refractivity contribution in [2.45, 2.75) is 57.8 Å². The van der Waals surface area contributed by atoms with Crippen LogP contribution in [-0.4, -0.2) is 32.7 Å². The predicted octanol–water partition coefficient (Wildman–Crippen LogP) is 6.60. The Morgan fingerprint density at radius 1 is 0.875 bits per heavy atom. The summed E-state index contributed by atoms with van der Waals surface area (Å²) in [5.41, 5.74) is 6.58. The number of hydroxylamine groups is 1. The SMILES string of the molecule is CCOC(=O)c1cc(OC(C)=O)c2cc(-c3ccc(ONC)c(C45CC6CC(CC(C6)C4)C5)c3)cc(OC)c2c1. The van der Waals surface area contributed by atoms with Crippen LogP contribution >= 0.6 is 0 Å². The van der Waals surface area contributed by atoms with Gasteiger partial charge >= 0.3 is 11.9 Å². The Kier molecular flexibility index (Phi) is 6.95. The highest BCUT2D eigenvalue weighted by Crippen LogP contribution is 2.62. The first-order valence-electron chi connectivity index (χ1n) is 14.3. The van der Waals surface area contributed by atoms with E-state index in [2.05, 4.69) is 23.7 Å². The molecule has 4 aliphatic rings. The molecule has 1 N–H and O–H groups in total. The van der Waals surface area contributed by atoms with Gasteiger partial charge in [0.05, 0.1) is 19.3 Å². The second-order valence-corrected chi connectivity index (χ2v) is 11.8. The van der Waals surface area contributed by atoms with Crippen LogP contribution in [0.25, 0.3) is 21.9 Å². The Morgan fingerprint density at radius 2 is 1.55 bits per heavy atom. The fourth-order valence-corrected chi connectivity index (χ4v) is 8.07. The van der Waals surface area contributed by atoms with E-state index in [9.17, 15) is 9.59 Å². The van der Waals surface area contributed by atoms with Crippen molar-refractivity contribution in [3.8, 4) is 28.4 Å². The maximum absolute atomic E-state index is 12.6. The van der Waals surface area contributed by atoms with Gasteiger partial charge in [-0.2, -0.15) is 5.48 Å². The molecule has 0 unspecified atom stereocenters. The molecule has 0 spiro atoms. The Labute approximate surface area is 235 Å². The molecule has 0 atom stereocenters. The summed E-state index contributed by atoms with van der Waals surface area (Å²) in [6.45, 7) is 3.35. The van der Waals surface area contributed by atoms with Gasteiger partial charge in [0.2, 0.25) is 0 Å². The van der Waals surface area contributed by atoms with Crippen LogP contribution in [0.3, 0.4) is 0 Å². The van der Waals surface area contributed by atoms with Crippen LogP contribution in [0.5, 0.6) is 17.2 Å². The van der Waals surface area contributed by atoms with E-state index >= 15 is 0 Å². The number of rotatable bonds is 8. The highest BCUT2D eigenvalue weighted by Gasteiger charge is 2.52. The third-order valence-corrected chi connectivity index (χ3v) is 9.11. The van der Waals surface area contributed by atoms with Gasteiger partial charge < -0.3 is 19.0 Å². The van der Waals surface area contributed by atoms with E-state index in [1.54, 1.807) is 33.2 Å². The summed E-state index contributed by atoms with van der Waals surface area (Å²) < 4.78 is 16.6. The molecule has 3 aromatic rings. The molecule has 7 heteroatoms. The largest absolute Gasteiger partial charge is 0.496 e. The molecule has 4 saturated carbocycles. The fraction of sp³-hybridized carbons (Fsp3) is 0.455. The minimum absolute atomic E-state index is 0.134. The first-order valence-corrected chi connectivity index (χ1v) is 14.3. The van der Waals surface area contributed by atoms with Gasteiger partial charge in [0.1, 0.15) is 11.5 Å². The maximum Gasteiger partial charge on any atom is 0.338 e.